The van der Waals surface area contributed by atoms with E-state index in [2.05, 4.69) is 53.6 Å². The van der Waals surface area contributed by atoms with Crippen LogP contribution >= 0.6 is 11.8 Å². The molecule has 1 aromatic carbocycles. The number of hydrogen-bond acceptors (Lipinski definition) is 4. The fourth-order valence-electron chi connectivity index (χ4n) is 2.04. The lowest BCUT2D eigenvalue weighted by Gasteiger charge is -2.16. The van der Waals surface area contributed by atoms with Crippen molar-refractivity contribution < 1.29 is 0 Å². The first-order chi connectivity index (χ1) is 9.65. The van der Waals surface area contributed by atoms with Gasteiger partial charge in [-0.3, -0.25) is 4.57 Å². The highest BCUT2D eigenvalue weighted by atomic mass is 32.2. The average molecular weight is 292 g/mol. The Morgan fingerprint density at radius 3 is 2.55 bits per heavy atom. The molecule has 0 saturated carbocycles. The average Bonchev–Trinajstić information content (AvgIpc) is 2.78. The molecule has 0 aliphatic heterocycles. The van der Waals surface area contributed by atoms with Gasteiger partial charge in [0.2, 0.25) is 0 Å². The summed E-state index contributed by atoms with van der Waals surface area (Å²) in [5, 5.41) is 10.6. The standard InChI is InChI=1S/C14H20N4OS/c1-4-12(15-5-2)10-6-8-11(9-7-10)20-14-17-16-13(19)18(14)3/h6-9,12,15H,4-5H2,1-3H3,(H,16,19). The molecule has 2 rings (SSSR count). The smallest absolute Gasteiger partial charge is 0.310 e. The van der Waals surface area contributed by atoms with E-state index < -0.39 is 0 Å². The maximum atomic E-state index is 11.3. The molecular formula is C14H20N4OS. The topological polar surface area (TPSA) is 62.7 Å². The highest BCUT2D eigenvalue weighted by molar-refractivity contribution is 7.99. The number of rotatable bonds is 6. The normalized spacial score (nSPS) is 12.6. The Hall–Kier alpha value is -1.53. The number of H-pyrrole nitrogens is 1. The highest BCUT2D eigenvalue weighted by Gasteiger charge is 2.09. The van der Waals surface area contributed by atoms with E-state index in [-0.39, 0.29) is 5.69 Å². The van der Waals surface area contributed by atoms with Crippen LogP contribution in [0.2, 0.25) is 0 Å². The fourth-order valence-corrected chi connectivity index (χ4v) is 2.84. The third kappa shape index (κ3) is 3.32. The van der Waals surface area contributed by atoms with E-state index in [9.17, 15) is 4.79 Å². The van der Waals surface area contributed by atoms with Gasteiger partial charge in [-0.25, -0.2) is 9.89 Å². The number of hydrogen-bond donors (Lipinski definition) is 2. The molecule has 1 heterocycles. The summed E-state index contributed by atoms with van der Waals surface area (Å²) in [6, 6.07) is 8.79. The van der Waals surface area contributed by atoms with Crippen molar-refractivity contribution in [2.45, 2.75) is 36.4 Å². The van der Waals surface area contributed by atoms with Crippen LogP contribution in [0.1, 0.15) is 31.9 Å². The van der Waals surface area contributed by atoms with Crippen LogP contribution in [0.5, 0.6) is 0 Å². The van der Waals surface area contributed by atoms with Gasteiger partial charge in [-0.15, -0.1) is 5.10 Å². The fraction of sp³-hybridized carbons (Fsp3) is 0.429. The maximum Gasteiger partial charge on any atom is 0.343 e. The van der Waals surface area contributed by atoms with E-state index in [1.54, 1.807) is 7.05 Å². The Morgan fingerprint density at radius 1 is 1.35 bits per heavy atom. The maximum absolute atomic E-state index is 11.3. The van der Waals surface area contributed by atoms with Crippen LogP contribution in [0.15, 0.2) is 39.1 Å². The van der Waals surface area contributed by atoms with E-state index >= 15 is 0 Å². The third-order valence-corrected chi connectivity index (χ3v) is 4.24. The van der Waals surface area contributed by atoms with E-state index in [1.807, 2.05) is 0 Å². The minimum Gasteiger partial charge on any atom is -0.310 e. The lowest BCUT2D eigenvalue weighted by molar-refractivity contribution is 0.537. The number of nitrogens with one attached hydrogen (secondary N) is 2. The van der Waals surface area contributed by atoms with Crippen LogP contribution in [0.3, 0.4) is 0 Å². The molecule has 2 N–H and O–H groups in total. The molecule has 0 radical (unpaired) electrons. The quantitative estimate of drug-likeness (QED) is 0.857. The molecular weight excluding hydrogens is 272 g/mol. The van der Waals surface area contributed by atoms with Gasteiger partial charge in [0.15, 0.2) is 5.16 Å². The predicted octanol–water partition coefficient (Wildman–Crippen LogP) is 2.32. The van der Waals surface area contributed by atoms with Crippen molar-refractivity contribution in [1.82, 2.24) is 20.1 Å². The monoisotopic (exact) mass is 292 g/mol. The summed E-state index contributed by atoms with van der Waals surface area (Å²) in [6.45, 7) is 5.25. The van der Waals surface area contributed by atoms with Gasteiger partial charge in [-0.1, -0.05) is 26.0 Å². The van der Waals surface area contributed by atoms with Gasteiger partial charge in [0.25, 0.3) is 0 Å². The van der Waals surface area contributed by atoms with Crippen LogP contribution in [0.25, 0.3) is 0 Å². The van der Waals surface area contributed by atoms with Crippen molar-refractivity contribution in [3.63, 3.8) is 0 Å². The zero-order valence-electron chi connectivity index (χ0n) is 12.0. The Labute approximate surface area is 122 Å². The van der Waals surface area contributed by atoms with Gasteiger partial charge < -0.3 is 5.32 Å². The Bertz CT molecular complexity index is 602. The van der Waals surface area contributed by atoms with Gasteiger partial charge in [0.1, 0.15) is 0 Å². The summed E-state index contributed by atoms with van der Waals surface area (Å²) >= 11 is 1.48. The zero-order valence-corrected chi connectivity index (χ0v) is 12.8. The van der Waals surface area contributed by atoms with E-state index in [0.29, 0.717) is 11.2 Å². The van der Waals surface area contributed by atoms with Crippen LogP contribution in [-0.4, -0.2) is 21.3 Å². The van der Waals surface area contributed by atoms with Crippen LogP contribution < -0.4 is 11.0 Å². The van der Waals surface area contributed by atoms with Crippen LogP contribution in [0.4, 0.5) is 0 Å². The summed E-state index contributed by atoms with van der Waals surface area (Å²) in [6.07, 6.45) is 1.06. The molecule has 0 amide bonds. The second kappa shape index (κ2) is 6.76. The predicted molar refractivity (Wildman–Crippen MR) is 81.1 cm³/mol. The van der Waals surface area contributed by atoms with Crippen molar-refractivity contribution >= 4 is 11.8 Å². The molecule has 20 heavy (non-hydrogen) atoms. The van der Waals surface area contributed by atoms with Crippen molar-refractivity contribution in [3.05, 3.63) is 40.3 Å². The summed E-state index contributed by atoms with van der Waals surface area (Å²) in [4.78, 5) is 12.4. The molecule has 108 valence electrons. The van der Waals surface area contributed by atoms with Gasteiger partial charge in [-0.2, -0.15) is 0 Å². The third-order valence-electron chi connectivity index (χ3n) is 3.19. The summed E-state index contributed by atoms with van der Waals surface area (Å²) in [7, 11) is 1.71. The van der Waals surface area contributed by atoms with Gasteiger partial charge in [-0.05, 0) is 42.4 Å². The SMILES string of the molecule is CCNC(CC)c1ccc(Sc2n[nH]c(=O)n2C)cc1. The van der Waals surface area contributed by atoms with E-state index in [4.69, 9.17) is 0 Å². The first-order valence-corrected chi connectivity index (χ1v) is 7.60. The van der Waals surface area contributed by atoms with Gasteiger partial charge in [0, 0.05) is 18.0 Å². The molecule has 6 heteroatoms. The van der Waals surface area contributed by atoms with Crippen LogP contribution in [-0.2, 0) is 7.05 Å². The first kappa shape index (κ1) is 14.9. The Kier molecular flexibility index (Phi) is 5.03. The Morgan fingerprint density at radius 2 is 2.05 bits per heavy atom. The van der Waals surface area contributed by atoms with Crippen molar-refractivity contribution in [2.24, 2.45) is 7.05 Å². The molecule has 5 nitrogen and oxygen atoms in total. The van der Waals surface area contributed by atoms with E-state index in [1.165, 1.54) is 21.9 Å². The molecule has 0 saturated heterocycles. The lowest BCUT2D eigenvalue weighted by Crippen LogP contribution is -2.19. The lowest BCUT2D eigenvalue weighted by atomic mass is 10.1. The van der Waals surface area contributed by atoms with Crippen LogP contribution in [0, 0.1) is 0 Å². The minimum absolute atomic E-state index is 0.192. The van der Waals surface area contributed by atoms with Crippen molar-refractivity contribution in [3.8, 4) is 0 Å². The van der Waals surface area contributed by atoms with Crippen molar-refractivity contribution in [2.75, 3.05) is 6.54 Å². The summed E-state index contributed by atoms with van der Waals surface area (Å²) < 4.78 is 1.51. The van der Waals surface area contributed by atoms with Gasteiger partial charge in [0.05, 0.1) is 0 Å². The number of benzene rings is 1. The molecule has 2 aromatic rings. The molecule has 0 fully saturated rings. The molecule has 0 aliphatic carbocycles. The minimum atomic E-state index is -0.192. The molecule has 0 aliphatic rings. The zero-order chi connectivity index (χ0) is 14.5. The Balaban J connectivity index is 2.12. The molecule has 1 unspecified atom stereocenters. The molecule has 0 spiro atoms. The molecule has 1 atom stereocenters. The number of aromatic nitrogens is 3. The summed E-state index contributed by atoms with van der Waals surface area (Å²) in [5.74, 6) is 0. The number of aromatic amines is 1. The second-order valence-electron chi connectivity index (χ2n) is 4.56. The van der Waals surface area contributed by atoms with E-state index in [0.717, 1.165) is 17.9 Å². The second-order valence-corrected chi connectivity index (χ2v) is 5.60. The largest absolute Gasteiger partial charge is 0.343 e. The van der Waals surface area contributed by atoms with Crippen molar-refractivity contribution in [1.29, 1.82) is 0 Å². The number of nitrogens with zero attached hydrogens (tertiary/aromatic N) is 2. The molecule has 0 bridgehead atoms. The summed E-state index contributed by atoms with van der Waals surface area (Å²) in [5.41, 5.74) is 1.09. The van der Waals surface area contributed by atoms with Gasteiger partial charge >= 0.3 is 5.69 Å². The highest BCUT2D eigenvalue weighted by Crippen LogP contribution is 2.26. The molecule has 1 aromatic heterocycles. The first-order valence-electron chi connectivity index (χ1n) is 6.78.